The molecule has 3 nitrogen and oxygen atoms in total. The van der Waals surface area contributed by atoms with E-state index in [0.717, 1.165) is 14.9 Å². The normalized spacial score (nSPS) is 10.2. The second-order valence-electron chi connectivity index (χ2n) is 3.46. The van der Waals surface area contributed by atoms with Crippen LogP contribution in [0.1, 0.15) is 20.9 Å². The highest BCUT2D eigenvalue weighted by Crippen LogP contribution is 2.24. The highest BCUT2D eigenvalue weighted by Gasteiger charge is 2.17. The summed E-state index contributed by atoms with van der Waals surface area (Å²) in [6.45, 7) is 2.17. The fourth-order valence-corrected chi connectivity index (χ4v) is 2.44. The van der Waals surface area contributed by atoms with Gasteiger partial charge in [0.2, 0.25) is 0 Å². The lowest BCUT2D eigenvalue weighted by molar-refractivity contribution is 0.0466. The standard InChI is InChI=1S/C12H10BrNO2S/c1-8-10(13)11(14-17-8)12(15)16-7-9-5-3-2-4-6-9/h2-6H,7H2,1H3. The number of rotatable bonds is 3. The number of carbonyl (C=O) groups is 1. The van der Waals surface area contributed by atoms with Gasteiger partial charge in [0.25, 0.3) is 0 Å². The number of nitrogens with zero attached hydrogens (tertiary/aromatic N) is 1. The van der Waals surface area contributed by atoms with E-state index >= 15 is 0 Å². The molecule has 2 rings (SSSR count). The molecule has 0 unspecified atom stereocenters. The summed E-state index contributed by atoms with van der Waals surface area (Å²) in [6.07, 6.45) is 0. The van der Waals surface area contributed by atoms with Gasteiger partial charge in [0, 0.05) is 4.88 Å². The van der Waals surface area contributed by atoms with E-state index in [0.29, 0.717) is 5.69 Å². The molecule has 0 radical (unpaired) electrons. The Morgan fingerprint density at radius 2 is 2.12 bits per heavy atom. The summed E-state index contributed by atoms with van der Waals surface area (Å²) >= 11 is 4.61. The lowest BCUT2D eigenvalue weighted by atomic mass is 10.2. The monoisotopic (exact) mass is 311 g/mol. The van der Waals surface area contributed by atoms with E-state index in [-0.39, 0.29) is 6.61 Å². The van der Waals surface area contributed by atoms with E-state index in [2.05, 4.69) is 20.3 Å². The molecule has 0 bridgehead atoms. The summed E-state index contributed by atoms with van der Waals surface area (Å²) in [6, 6.07) is 9.56. The summed E-state index contributed by atoms with van der Waals surface area (Å²) in [4.78, 5) is 12.7. The number of ether oxygens (including phenoxy) is 1. The average molecular weight is 312 g/mol. The third-order valence-electron chi connectivity index (χ3n) is 2.20. The van der Waals surface area contributed by atoms with Gasteiger partial charge in [-0.15, -0.1) is 0 Å². The summed E-state index contributed by atoms with van der Waals surface area (Å²) in [5.41, 5.74) is 1.31. The molecule has 0 saturated carbocycles. The van der Waals surface area contributed by atoms with Crippen LogP contribution in [0.3, 0.4) is 0 Å². The van der Waals surface area contributed by atoms with E-state index in [9.17, 15) is 4.79 Å². The van der Waals surface area contributed by atoms with Crippen LogP contribution in [0.25, 0.3) is 0 Å². The second-order valence-corrected chi connectivity index (χ2v) is 5.23. The highest BCUT2D eigenvalue weighted by molar-refractivity contribution is 9.10. The number of benzene rings is 1. The van der Waals surface area contributed by atoms with E-state index in [1.54, 1.807) is 0 Å². The Morgan fingerprint density at radius 3 is 2.71 bits per heavy atom. The van der Waals surface area contributed by atoms with E-state index in [4.69, 9.17) is 4.74 Å². The number of aryl methyl sites for hydroxylation is 1. The fourth-order valence-electron chi connectivity index (χ4n) is 1.28. The number of esters is 1. The minimum Gasteiger partial charge on any atom is -0.456 e. The molecule has 0 atom stereocenters. The molecule has 88 valence electrons. The zero-order chi connectivity index (χ0) is 12.3. The van der Waals surface area contributed by atoms with Crippen molar-refractivity contribution in [1.82, 2.24) is 4.37 Å². The first kappa shape index (κ1) is 12.3. The molecule has 0 saturated heterocycles. The maximum absolute atomic E-state index is 11.7. The minimum absolute atomic E-state index is 0.267. The zero-order valence-corrected chi connectivity index (χ0v) is 11.5. The van der Waals surface area contributed by atoms with Crippen LogP contribution < -0.4 is 0 Å². The fraction of sp³-hybridized carbons (Fsp3) is 0.167. The van der Waals surface area contributed by atoms with Gasteiger partial charge in [-0.05, 0) is 39.9 Å². The molecule has 17 heavy (non-hydrogen) atoms. The van der Waals surface area contributed by atoms with Crippen LogP contribution in [0.15, 0.2) is 34.8 Å². The van der Waals surface area contributed by atoms with Crippen molar-refractivity contribution in [2.24, 2.45) is 0 Å². The predicted octanol–water partition coefficient (Wildman–Crippen LogP) is 3.57. The highest BCUT2D eigenvalue weighted by atomic mass is 79.9. The molecule has 1 aromatic carbocycles. The van der Waals surface area contributed by atoms with Gasteiger partial charge in [-0.3, -0.25) is 0 Å². The summed E-state index contributed by atoms with van der Waals surface area (Å²) < 4.78 is 9.95. The number of halogens is 1. The van der Waals surface area contributed by atoms with Crippen molar-refractivity contribution in [3.8, 4) is 0 Å². The second kappa shape index (κ2) is 5.42. The number of hydrogen-bond acceptors (Lipinski definition) is 4. The Labute approximate surface area is 112 Å². The van der Waals surface area contributed by atoms with Gasteiger partial charge in [0.05, 0.1) is 4.47 Å². The molecule has 0 aliphatic carbocycles. The van der Waals surface area contributed by atoms with Crippen LogP contribution in [0.4, 0.5) is 0 Å². The number of aromatic nitrogens is 1. The minimum atomic E-state index is -0.398. The van der Waals surface area contributed by atoms with Gasteiger partial charge >= 0.3 is 5.97 Å². The van der Waals surface area contributed by atoms with Gasteiger partial charge in [-0.2, -0.15) is 4.37 Å². The Bertz CT molecular complexity index is 525. The maximum Gasteiger partial charge on any atom is 0.359 e. The Kier molecular flexibility index (Phi) is 3.91. The predicted molar refractivity (Wildman–Crippen MR) is 70.1 cm³/mol. The lowest BCUT2D eigenvalue weighted by Crippen LogP contribution is -2.06. The smallest absolute Gasteiger partial charge is 0.359 e. The average Bonchev–Trinajstić information content (AvgIpc) is 2.69. The van der Waals surface area contributed by atoms with Crippen molar-refractivity contribution in [3.05, 3.63) is 50.9 Å². The van der Waals surface area contributed by atoms with Crippen LogP contribution in [0, 0.1) is 6.92 Å². The van der Waals surface area contributed by atoms with Crippen LogP contribution in [0.5, 0.6) is 0 Å². The summed E-state index contributed by atoms with van der Waals surface area (Å²) in [5, 5.41) is 0. The van der Waals surface area contributed by atoms with Crippen molar-refractivity contribution in [2.75, 3.05) is 0 Å². The third kappa shape index (κ3) is 2.92. The van der Waals surface area contributed by atoms with Crippen LogP contribution >= 0.6 is 27.5 Å². The molecule has 0 amide bonds. The SMILES string of the molecule is Cc1snc(C(=O)OCc2ccccc2)c1Br. The van der Waals surface area contributed by atoms with Gasteiger partial charge in [-0.1, -0.05) is 30.3 Å². The molecule has 0 N–H and O–H groups in total. The van der Waals surface area contributed by atoms with Gasteiger partial charge in [0.1, 0.15) is 6.61 Å². The summed E-state index contributed by atoms with van der Waals surface area (Å²) in [5.74, 6) is -0.398. The third-order valence-corrected chi connectivity index (χ3v) is 4.18. The van der Waals surface area contributed by atoms with E-state index in [1.165, 1.54) is 11.5 Å². The molecule has 0 aliphatic rings. The van der Waals surface area contributed by atoms with Gasteiger partial charge in [0.15, 0.2) is 5.69 Å². The molecule has 0 aliphatic heterocycles. The quantitative estimate of drug-likeness (QED) is 0.813. The molecular weight excluding hydrogens is 302 g/mol. The Hall–Kier alpha value is -1.20. The summed E-state index contributed by atoms with van der Waals surface area (Å²) in [7, 11) is 0. The van der Waals surface area contributed by atoms with Crippen molar-refractivity contribution in [3.63, 3.8) is 0 Å². The molecule has 5 heteroatoms. The van der Waals surface area contributed by atoms with E-state index in [1.807, 2.05) is 37.3 Å². The first-order valence-corrected chi connectivity index (χ1v) is 6.58. The molecule has 1 heterocycles. The molecule has 1 aromatic heterocycles. The first-order valence-electron chi connectivity index (χ1n) is 5.01. The van der Waals surface area contributed by atoms with Crippen LogP contribution in [-0.2, 0) is 11.3 Å². The molecule has 0 fully saturated rings. The van der Waals surface area contributed by atoms with Crippen molar-refractivity contribution < 1.29 is 9.53 Å². The van der Waals surface area contributed by atoms with Crippen molar-refractivity contribution in [2.45, 2.75) is 13.5 Å². The van der Waals surface area contributed by atoms with Crippen LogP contribution in [0.2, 0.25) is 0 Å². The van der Waals surface area contributed by atoms with Crippen LogP contribution in [-0.4, -0.2) is 10.3 Å². The van der Waals surface area contributed by atoms with Gasteiger partial charge < -0.3 is 4.74 Å². The van der Waals surface area contributed by atoms with Gasteiger partial charge in [-0.25, -0.2) is 4.79 Å². The van der Waals surface area contributed by atoms with E-state index < -0.39 is 5.97 Å². The maximum atomic E-state index is 11.7. The topological polar surface area (TPSA) is 39.2 Å². The lowest BCUT2D eigenvalue weighted by Gasteiger charge is -2.03. The molecule has 0 spiro atoms. The molecular formula is C12H10BrNO2S. The molecule has 2 aromatic rings. The number of hydrogen-bond donors (Lipinski definition) is 0. The first-order chi connectivity index (χ1) is 8.18. The van der Waals surface area contributed by atoms with Crippen molar-refractivity contribution in [1.29, 1.82) is 0 Å². The Morgan fingerprint density at radius 1 is 1.41 bits per heavy atom. The number of carbonyl (C=O) groups excluding carboxylic acids is 1. The Balaban J connectivity index is 2.01. The zero-order valence-electron chi connectivity index (χ0n) is 9.14. The largest absolute Gasteiger partial charge is 0.456 e. The van der Waals surface area contributed by atoms with Crippen molar-refractivity contribution >= 4 is 33.4 Å².